The predicted molar refractivity (Wildman–Crippen MR) is 97.2 cm³/mol. The van der Waals surface area contributed by atoms with Gasteiger partial charge in [0, 0.05) is 23.4 Å². The zero-order valence-corrected chi connectivity index (χ0v) is 15.3. The third kappa shape index (κ3) is 4.69. The Morgan fingerprint density at radius 2 is 1.78 bits per heavy atom. The lowest BCUT2D eigenvalue weighted by atomic mass is 9.83. The summed E-state index contributed by atoms with van der Waals surface area (Å²) in [7, 11) is 1.46. The molecular weight excluding hydrogens is 354 g/mol. The van der Waals surface area contributed by atoms with Crippen molar-refractivity contribution in [2.24, 2.45) is 0 Å². The van der Waals surface area contributed by atoms with Gasteiger partial charge in [-0.3, -0.25) is 4.79 Å². The number of hydrogen-bond donors (Lipinski definition) is 2. The van der Waals surface area contributed by atoms with E-state index in [-0.39, 0.29) is 28.6 Å². The maximum atomic E-state index is 13.3. The maximum absolute atomic E-state index is 13.3. The quantitative estimate of drug-likeness (QED) is 0.773. The number of amides is 1. The van der Waals surface area contributed by atoms with Crippen molar-refractivity contribution in [2.45, 2.75) is 44.6 Å². The van der Waals surface area contributed by atoms with E-state index in [2.05, 4.69) is 20.6 Å². The molecule has 2 heterocycles. The smallest absolute Gasteiger partial charge is 0.274 e. The SMILES string of the molecule is COc1ccc(Nc2cc(F)nc(F)c2)nc1C(=O)NC1(C)CCCCC1. The summed E-state index contributed by atoms with van der Waals surface area (Å²) in [6.45, 7) is 2.03. The van der Waals surface area contributed by atoms with E-state index in [1.807, 2.05) is 6.92 Å². The van der Waals surface area contributed by atoms with Gasteiger partial charge in [-0.25, -0.2) is 4.98 Å². The summed E-state index contributed by atoms with van der Waals surface area (Å²) < 4.78 is 31.8. The Morgan fingerprint density at radius 1 is 1.11 bits per heavy atom. The highest BCUT2D eigenvalue weighted by Gasteiger charge is 2.30. The average Bonchev–Trinajstić information content (AvgIpc) is 2.61. The number of ether oxygens (including phenoxy) is 1. The fraction of sp³-hybridized carbons (Fsp3) is 0.421. The van der Waals surface area contributed by atoms with Crippen molar-refractivity contribution < 1.29 is 18.3 Å². The van der Waals surface area contributed by atoms with Crippen LogP contribution in [0, 0.1) is 11.9 Å². The lowest BCUT2D eigenvalue weighted by Gasteiger charge is -2.34. The molecule has 1 amide bonds. The van der Waals surface area contributed by atoms with E-state index in [1.165, 1.54) is 13.5 Å². The first-order valence-electron chi connectivity index (χ1n) is 8.86. The van der Waals surface area contributed by atoms with Crippen molar-refractivity contribution in [3.63, 3.8) is 0 Å². The van der Waals surface area contributed by atoms with Gasteiger partial charge in [0.2, 0.25) is 11.9 Å². The zero-order chi connectivity index (χ0) is 19.4. The molecule has 1 aliphatic carbocycles. The number of carbonyl (C=O) groups excluding carboxylic acids is 1. The maximum Gasteiger partial charge on any atom is 0.274 e. The number of pyridine rings is 2. The van der Waals surface area contributed by atoms with Crippen LogP contribution in [0.5, 0.6) is 5.75 Å². The summed E-state index contributed by atoms with van der Waals surface area (Å²) in [6.07, 6.45) is 5.14. The number of aromatic nitrogens is 2. The van der Waals surface area contributed by atoms with Gasteiger partial charge in [0.25, 0.3) is 5.91 Å². The van der Waals surface area contributed by atoms with Crippen LogP contribution in [0.25, 0.3) is 0 Å². The van der Waals surface area contributed by atoms with E-state index in [0.29, 0.717) is 5.75 Å². The molecule has 1 saturated carbocycles. The molecule has 0 unspecified atom stereocenters. The molecule has 6 nitrogen and oxygen atoms in total. The Bertz CT molecular complexity index is 818. The second kappa shape index (κ2) is 7.85. The van der Waals surface area contributed by atoms with E-state index >= 15 is 0 Å². The molecule has 0 saturated heterocycles. The minimum atomic E-state index is -0.950. The largest absolute Gasteiger partial charge is 0.494 e. The number of nitrogens with zero attached hydrogens (tertiary/aromatic N) is 2. The van der Waals surface area contributed by atoms with Crippen molar-refractivity contribution in [2.75, 3.05) is 12.4 Å². The first-order chi connectivity index (χ1) is 12.9. The van der Waals surface area contributed by atoms with Crippen molar-refractivity contribution in [3.8, 4) is 5.75 Å². The van der Waals surface area contributed by atoms with Crippen LogP contribution in [0.2, 0.25) is 0 Å². The van der Waals surface area contributed by atoms with E-state index < -0.39 is 11.9 Å². The molecule has 2 N–H and O–H groups in total. The van der Waals surface area contributed by atoms with Gasteiger partial charge >= 0.3 is 0 Å². The number of methoxy groups -OCH3 is 1. The van der Waals surface area contributed by atoms with Gasteiger partial charge in [0.15, 0.2) is 5.69 Å². The molecule has 0 radical (unpaired) electrons. The van der Waals surface area contributed by atoms with Crippen LogP contribution in [-0.2, 0) is 0 Å². The molecule has 0 aromatic carbocycles. The second-order valence-corrected chi connectivity index (χ2v) is 6.95. The van der Waals surface area contributed by atoms with Crippen LogP contribution in [-0.4, -0.2) is 28.5 Å². The average molecular weight is 376 g/mol. The highest BCUT2D eigenvalue weighted by Crippen LogP contribution is 2.29. The van der Waals surface area contributed by atoms with Crippen molar-refractivity contribution in [1.29, 1.82) is 0 Å². The first-order valence-corrected chi connectivity index (χ1v) is 8.86. The van der Waals surface area contributed by atoms with E-state index in [9.17, 15) is 13.6 Å². The molecule has 2 aromatic rings. The number of nitrogens with one attached hydrogen (secondary N) is 2. The summed E-state index contributed by atoms with van der Waals surface area (Å²) in [6, 6.07) is 5.23. The van der Waals surface area contributed by atoms with Crippen LogP contribution in [0.4, 0.5) is 20.3 Å². The van der Waals surface area contributed by atoms with Crippen molar-refractivity contribution in [3.05, 3.63) is 41.9 Å². The molecule has 0 spiro atoms. The standard InChI is InChI=1S/C19H22F2N4O2/c1-19(8-4-3-5-9-19)25-18(26)17-13(27-2)6-7-16(24-17)22-12-10-14(20)23-15(21)11-12/h6-7,10-11H,3-5,8-9H2,1-2H3,(H,25,26)(H,22,23,24). The minimum absolute atomic E-state index is 0.115. The van der Waals surface area contributed by atoms with Gasteiger partial charge in [-0.2, -0.15) is 13.8 Å². The molecule has 8 heteroatoms. The molecule has 144 valence electrons. The number of rotatable bonds is 5. The highest BCUT2D eigenvalue weighted by molar-refractivity contribution is 5.96. The Kier molecular flexibility index (Phi) is 5.53. The molecule has 3 rings (SSSR count). The third-order valence-electron chi connectivity index (χ3n) is 4.70. The first kappa shape index (κ1) is 19.0. The van der Waals surface area contributed by atoms with Crippen LogP contribution in [0.15, 0.2) is 24.3 Å². The third-order valence-corrected chi connectivity index (χ3v) is 4.70. The van der Waals surface area contributed by atoms with E-state index in [1.54, 1.807) is 12.1 Å². The Labute approximate surface area is 156 Å². The Hall–Kier alpha value is -2.77. The Balaban J connectivity index is 1.83. The van der Waals surface area contributed by atoms with E-state index in [4.69, 9.17) is 4.74 Å². The highest BCUT2D eigenvalue weighted by atomic mass is 19.1. The van der Waals surface area contributed by atoms with Crippen LogP contribution < -0.4 is 15.4 Å². The Morgan fingerprint density at radius 3 is 2.41 bits per heavy atom. The number of hydrogen-bond acceptors (Lipinski definition) is 5. The van der Waals surface area contributed by atoms with E-state index in [0.717, 1.165) is 37.8 Å². The molecule has 1 aliphatic rings. The second-order valence-electron chi connectivity index (χ2n) is 6.95. The number of halogens is 2. The van der Waals surface area contributed by atoms with Gasteiger partial charge in [0.05, 0.1) is 7.11 Å². The van der Waals surface area contributed by atoms with Crippen LogP contribution in [0.1, 0.15) is 49.5 Å². The number of anilines is 2. The summed E-state index contributed by atoms with van der Waals surface area (Å²) in [4.78, 5) is 20.1. The lowest BCUT2D eigenvalue weighted by Crippen LogP contribution is -2.47. The van der Waals surface area contributed by atoms with Gasteiger partial charge in [-0.15, -0.1) is 0 Å². The summed E-state index contributed by atoms with van der Waals surface area (Å²) in [5.41, 5.74) is -0.0180. The molecule has 0 aliphatic heterocycles. The van der Waals surface area contributed by atoms with Crippen molar-refractivity contribution >= 4 is 17.4 Å². The zero-order valence-electron chi connectivity index (χ0n) is 15.3. The molecular formula is C19H22F2N4O2. The number of carbonyl (C=O) groups is 1. The topological polar surface area (TPSA) is 76.1 Å². The molecule has 1 fully saturated rings. The lowest BCUT2D eigenvalue weighted by molar-refractivity contribution is 0.0874. The van der Waals surface area contributed by atoms with Crippen LogP contribution >= 0.6 is 0 Å². The fourth-order valence-corrected chi connectivity index (χ4v) is 3.32. The van der Waals surface area contributed by atoms with Gasteiger partial charge in [-0.1, -0.05) is 19.3 Å². The van der Waals surface area contributed by atoms with Gasteiger partial charge in [0.1, 0.15) is 11.6 Å². The minimum Gasteiger partial charge on any atom is -0.494 e. The molecule has 27 heavy (non-hydrogen) atoms. The fourth-order valence-electron chi connectivity index (χ4n) is 3.32. The summed E-state index contributed by atoms with van der Waals surface area (Å²) in [5, 5.41) is 5.83. The summed E-state index contributed by atoms with van der Waals surface area (Å²) in [5.74, 6) is -1.65. The van der Waals surface area contributed by atoms with Gasteiger partial charge < -0.3 is 15.4 Å². The molecule has 2 aromatic heterocycles. The van der Waals surface area contributed by atoms with Gasteiger partial charge in [-0.05, 0) is 31.9 Å². The monoisotopic (exact) mass is 376 g/mol. The molecule has 0 atom stereocenters. The molecule has 0 bridgehead atoms. The van der Waals surface area contributed by atoms with Crippen LogP contribution in [0.3, 0.4) is 0 Å². The predicted octanol–water partition coefficient (Wildman–Crippen LogP) is 3.96. The van der Waals surface area contributed by atoms with Crippen molar-refractivity contribution in [1.82, 2.24) is 15.3 Å². The summed E-state index contributed by atoms with van der Waals surface area (Å²) >= 11 is 0. The normalized spacial score (nSPS) is 15.9.